The molecule has 0 aliphatic heterocycles. The fourth-order valence-electron chi connectivity index (χ4n) is 1.72. The molecule has 18 heavy (non-hydrogen) atoms. The average molecular weight is 290 g/mol. The van der Waals surface area contributed by atoms with Crippen molar-refractivity contribution in [2.45, 2.75) is 17.7 Å². The third-order valence-electron chi connectivity index (χ3n) is 2.97. The van der Waals surface area contributed by atoms with Crippen LogP contribution in [-0.4, -0.2) is 44.8 Å². The van der Waals surface area contributed by atoms with Crippen LogP contribution in [0.2, 0.25) is 0 Å². The summed E-state index contributed by atoms with van der Waals surface area (Å²) in [6.07, 6.45) is 2.43. The lowest BCUT2D eigenvalue weighted by molar-refractivity contribution is 0.521. The van der Waals surface area contributed by atoms with Crippen LogP contribution >= 0.6 is 11.5 Å². The molecule has 0 spiro atoms. The van der Waals surface area contributed by atoms with E-state index in [1.807, 2.05) is 11.9 Å². The Morgan fingerprint density at radius 2 is 2.00 bits per heavy atom. The highest BCUT2D eigenvalue weighted by molar-refractivity contribution is 7.89. The van der Waals surface area contributed by atoms with Gasteiger partial charge in [-0.25, -0.2) is 12.7 Å². The summed E-state index contributed by atoms with van der Waals surface area (Å²) in [5.41, 5.74) is 5.72. The van der Waals surface area contributed by atoms with Crippen molar-refractivity contribution in [3.8, 4) is 0 Å². The van der Waals surface area contributed by atoms with E-state index in [0.717, 1.165) is 18.1 Å². The summed E-state index contributed by atoms with van der Waals surface area (Å²) in [7, 11) is 1.34. The lowest BCUT2D eigenvalue weighted by atomic mass is 10.4. The van der Waals surface area contributed by atoms with Crippen LogP contribution in [0.5, 0.6) is 0 Å². The van der Waals surface area contributed by atoms with E-state index >= 15 is 0 Å². The lowest BCUT2D eigenvalue weighted by Gasteiger charge is -2.19. The van der Waals surface area contributed by atoms with Crippen LogP contribution in [0.3, 0.4) is 0 Å². The predicted octanol–water partition coefficient (Wildman–Crippen LogP) is 0.822. The fourth-order valence-corrected chi connectivity index (χ4v) is 3.94. The first kappa shape index (κ1) is 13.6. The van der Waals surface area contributed by atoms with Crippen LogP contribution in [0.1, 0.15) is 12.8 Å². The number of rotatable bonds is 5. The SMILES string of the molecule is CN(CC1CC1)c1snc(N)c1S(=O)(=O)N(C)C. The molecule has 1 aromatic heterocycles. The van der Waals surface area contributed by atoms with Crippen molar-refractivity contribution in [2.75, 3.05) is 38.3 Å². The maximum absolute atomic E-state index is 12.2. The van der Waals surface area contributed by atoms with Crippen LogP contribution in [0.25, 0.3) is 0 Å². The zero-order chi connectivity index (χ0) is 13.5. The second kappa shape index (κ2) is 4.67. The molecule has 0 unspecified atom stereocenters. The molecule has 6 nitrogen and oxygen atoms in total. The molecular weight excluding hydrogens is 272 g/mol. The smallest absolute Gasteiger partial charge is 0.249 e. The summed E-state index contributed by atoms with van der Waals surface area (Å²) in [5, 5.41) is 0.633. The van der Waals surface area contributed by atoms with Crippen molar-refractivity contribution in [1.29, 1.82) is 0 Å². The Kier molecular flexibility index (Phi) is 3.52. The topological polar surface area (TPSA) is 79.5 Å². The minimum atomic E-state index is -3.54. The van der Waals surface area contributed by atoms with Crippen LogP contribution in [0.15, 0.2) is 4.90 Å². The monoisotopic (exact) mass is 290 g/mol. The van der Waals surface area contributed by atoms with Crippen LogP contribution < -0.4 is 10.6 Å². The van der Waals surface area contributed by atoms with E-state index in [1.165, 1.54) is 31.2 Å². The third kappa shape index (κ3) is 2.45. The predicted molar refractivity (Wildman–Crippen MR) is 73.4 cm³/mol. The van der Waals surface area contributed by atoms with Gasteiger partial charge in [0.15, 0.2) is 10.7 Å². The Hall–Kier alpha value is -0.860. The quantitative estimate of drug-likeness (QED) is 0.868. The molecule has 1 saturated carbocycles. The molecule has 2 N–H and O–H groups in total. The van der Waals surface area contributed by atoms with E-state index in [1.54, 1.807) is 0 Å². The van der Waals surface area contributed by atoms with E-state index in [0.29, 0.717) is 10.9 Å². The van der Waals surface area contributed by atoms with Crippen molar-refractivity contribution in [3.63, 3.8) is 0 Å². The standard InChI is InChI=1S/C10H18N4O2S2/c1-13(2)18(15,16)8-9(11)12-17-10(8)14(3)6-7-4-5-7/h7H,4-6H2,1-3H3,(H2,11,12). The molecule has 1 aliphatic rings. The first-order chi connectivity index (χ1) is 8.34. The van der Waals surface area contributed by atoms with E-state index < -0.39 is 10.0 Å². The molecule has 1 aromatic rings. The summed E-state index contributed by atoms with van der Waals surface area (Å²) in [4.78, 5) is 2.09. The second-order valence-corrected chi connectivity index (χ2v) is 7.65. The highest BCUT2D eigenvalue weighted by Crippen LogP contribution is 2.38. The van der Waals surface area contributed by atoms with Crippen LogP contribution in [0, 0.1) is 5.92 Å². The van der Waals surface area contributed by atoms with E-state index in [4.69, 9.17) is 5.73 Å². The van der Waals surface area contributed by atoms with Gasteiger partial charge in [-0.1, -0.05) is 0 Å². The van der Waals surface area contributed by atoms with Gasteiger partial charge in [0.25, 0.3) is 0 Å². The molecule has 0 amide bonds. The number of nitrogens with two attached hydrogens (primary N) is 1. The van der Waals surface area contributed by atoms with E-state index in [9.17, 15) is 8.42 Å². The van der Waals surface area contributed by atoms with Crippen molar-refractivity contribution in [3.05, 3.63) is 0 Å². The molecule has 102 valence electrons. The molecule has 2 rings (SSSR count). The van der Waals surface area contributed by atoms with Gasteiger partial charge in [-0.3, -0.25) is 0 Å². The van der Waals surface area contributed by atoms with Gasteiger partial charge in [0.2, 0.25) is 10.0 Å². The molecule has 1 heterocycles. The van der Waals surface area contributed by atoms with Gasteiger partial charge in [0.05, 0.1) is 0 Å². The maximum Gasteiger partial charge on any atom is 0.249 e. The van der Waals surface area contributed by atoms with E-state index in [-0.39, 0.29) is 10.7 Å². The van der Waals surface area contributed by atoms with Crippen molar-refractivity contribution in [1.82, 2.24) is 8.68 Å². The van der Waals surface area contributed by atoms with Crippen LogP contribution in [-0.2, 0) is 10.0 Å². The zero-order valence-electron chi connectivity index (χ0n) is 10.8. The summed E-state index contributed by atoms with van der Waals surface area (Å²) < 4.78 is 29.6. The molecule has 0 saturated heterocycles. The first-order valence-corrected chi connectivity index (χ1v) is 7.94. The number of sulfonamides is 1. The van der Waals surface area contributed by atoms with Crippen molar-refractivity contribution in [2.24, 2.45) is 5.92 Å². The maximum atomic E-state index is 12.2. The van der Waals surface area contributed by atoms with Gasteiger partial charge >= 0.3 is 0 Å². The first-order valence-electron chi connectivity index (χ1n) is 5.73. The number of nitrogen functional groups attached to an aromatic ring is 1. The summed E-state index contributed by atoms with van der Waals surface area (Å²) in [6.45, 7) is 0.859. The number of hydrogen-bond donors (Lipinski definition) is 1. The molecule has 0 aromatic carbocycles. The largest absolute Gasteiger partial charge is 0.382 e. The Balaban J connectivity index is 2.37. The number of aromatic nitrogens is 1. The van der Waals surface area contributed by atoms with Gasteiger partial charge in [-0.2, -0.15) is 4.37 Å². The zero-order valence-corrected chi connectivity index (χ0v) is 12.4. The fraction of sp³-hybridized carbons (Fsp3) is 0.700. The van der Waals surface area contributed by atoms with Crippen molar-refractivity contribution < 1.29 is 8.42 Å². The number of anilines is 2. The van der Waals surface area contributed by atoms with Gasteiger partial charge in [0.1, 0.15) is 5.00 Å². The molecule has 0 bridgehead atoms. The van der Waals surface area contributed by atoms with Crippen molar-refractivity contribution >= 4 is 32.4 Å². The third-order valence-corrected chi connectivity index (χ3v) is 5.96. The molecule has 1 fully saturated rings. The summed E-state index contributed by atoms with van der Waals surface area (Å²) in [5.74, 6) is 0.764. The van der Waals surface area contributed by atoms with Gasteiger partial charge in [-0.15, -0.1) is 0 Å². The Morgan fingerprint density at radius 1 is 1.39 bits per heavy atom. The molecule has 1 aliphatic carbocycles. The summed E-state index contributed by atoms with van der Waals surface area (Å²) >= 11 is 1.14. The minimum Gasteiger partial charge on any atom is -0.382 e. The Morgan fingerprint density at radius 3 is 2.50 bits per heavy atom. The van der Waals surface area contributed by atoms with Crippen LogP contribution in [0.4, 0.5) is 10.8 Å². The molecule has 8 heteroatoms. The highest BCUT2D eigenvalue weighted by Gasteiger charge is 2.31. The second-order valence-electron chi connectivity index (χ2n) is 4.81. The normalized spacial score (nSPS) is 16.2. The lowest BCUT2D eigenvalue weighted by Crippen LogP contribution is -2.26. The summed E-state index contributed by atoms with van der Waals surface area (Å²) in [6, 6.07) is 0. The average Bonchev–Trinajstić information content (AvgIpc) is 2.98. The van der Waals surface area contributed by atoms with Gasteiger partial charge < -0.3 is 10.6 Å². The molecule has 0 radical (unpaired) electrons. The minimum absolute atomic E-state index is 0.0892. The Labute approximate surface area is 112 Å². The van der Waals surface area contributed by atoms with E-state index in [2.05, 4.69) is 4.37 Å². The molecule has 0 atom stereocenters. The van der Waals surface area contributed by atoms with Gasteiger partial charge in [0, 0.05) is 27.7 Å². The Bertz CT molecular complexity index is 534. The number of hydrogen-bond acceptors (Lipinski definition) is 6. The highest BCUT2D eigenvalue weighted by atomic mass is 32.2. The number of nitrogens with zero attached hydrogens (tertiary/aromatic N) is 3. The van der Waals surface area contributed by atoms with Gasteiger partial charge in [-0.05, 0) is 30.3 Å². The molecular formula is C10H18N4O2S2.